The molecule has 2 aromatic carbocycles. The Labute approximate surface area is 178 Å². The van der Waals surface area contributed by atoms with Crippen molar-refractivity contribution in [3.63, 3.8) is 0 Å². The third-order valence-electron chi connectivity index (χ3n) is 4.65. The fraction of sp³-hybridized carbons (Fsp3) is 0.0870. The summed E-state index contributed by atoms with van der Waals surface area (Å²) in [4.78, 5) is 24.9. The lowest BCUT2D eigenvalue weighted by Gasteiger charge is -2.12. The quantitative estimate of drug-likeness (QED) is 0.454. The van der Waals surface area contributed by atoms with Gasteiger partial charge >= 0.3 is 0 Å². The van der Waals surface area contributed by atoms with Crippen molar-refractivity contribution in [1.29, 1.82) is 0 Å². The number of benzene rings is 2. The second kappa shape index (κ2) is 9.08. The van der Waals surface area contributed by atoms with Gasteiger partial charge in [0.05, 0.1) is 6.20 Å². The third-order valence-corrected chi connectivity index (χ3v) is 4.65. The number of para-hydroxylation sites is 1. The van der Waals surface area contributed by atoms with E-state index in [0.717, 1.165) is 0 Å². The lowest BCUT2D eigenvalue weighted by Crippen LogP contribution is -2.35. The molecule has 0 aliphatic carbocycles. The van der Waals surface area contributed by atoms with Gasteiger partial charge in [0.1, 0.15) is 17.1 Å². The molecule has 0 unspecified atom stereocenters. The van der Waals surface area contributed by atoms with E-state index < -0.39 is 5.82 Å². The van der Waals surface area contributed by atoms with E-state index in [9.17, 15) is 14.0 Å². The molecule has 0 atom stereocenters. The predicted molar refractivity (Wildman–Crippen MR) is 114 cm³/mol. The van der Waals surface area contributed by atoms with E-state index in [1.54, 1.807) is 71.6 Å². The topological polar surface area (TPSA) is 81.0 Å². The Balaban J connectivity index is 1.48. The van der Waals surface area contributed by atoms with Gasteiger partial charge in [0.2, 0.25) is 0 Å². The highest BCUT2D eigenvalue weighted by atomic mass is 19.1. The van der Waals surface area contributed by atoms with Gasteiger partial charge in [-0.25, -0.2) is 9.07 Å². The zero-order valence-electron chi connectivity index (χ0n) is 16.5. The molecule has 2 amide bonds. The number of amides is 2. The van der Waals surface area contributed by atoms with Gasteiger partial charge in [-0.3, -0.25) is 9.59 Å². The molecule has 156 valence electrons. The normalized spacial score (nSPS) is 10.6. The van der Waals surface area contributed by atoms with Crippen LogP contribution < -0.4 is 10.6 Å². The highest BCUT2D eigenvalue weighted by Gasteiger charge is 2.21. The average Bonchev–Trinajstić information content (AvgIpc) is 3.47. The lowest BCUT2D eigenvalue weighted by molar-refractivity contribution is 0.0927. The number of nitrogens with one attached hydrogen (secondary N) is 2. The molecule has 0 bridgehead atoms. The second-order valence-corrected chi connectivity index (χ2v) is 6.71. The number of carbonyl (C=O) groups excluding carboxylic acids is 2. The van der Waals surface area contributed by atoms with Crippen LogP contribution in [0.15, 0.2) is 85.3 Å². The summed E-state index contributed by atoms with van der Waals surface area (Å²) in [6.07, 6.45) is 4.91. The van der Waals surface area contributed by atoms with Crippen molar-refractivity contribution in [2.24, 2.45) is 0 Å². The minimum Gasteiger partial charge on any atom is -0.350 e. The van der Waals surface area contributed by atoms with Gasteiger partial charge in [0, 0.05) is 31.0 Å². The Kier molecular flexibility index (Phi) is 5.89. The standard InChI is InChI=1S/C23H20FN5O2/c24-19-10-4-5-11-20(19)29-23(28-14-6-7-15-28)18(16-27-29)22(31)26-13-12-25-21(30)17-8-2-1-3-9-17/h1-11,14-16H,12-13H2,(H,25,30)(H,26,31). The smallest absolute Gasteiger partial charge is 0.256 e. The molecule has 0 radical (unpaired) electrons. The van der Waals surface area contributed by atoms with Crippen LogP contribution in [-0.2, 0) is 0 Å². The Morgan fingerprint density at radius 2 is 1.48 bits per heavy atom. The number of hydrogen-bond acceptors (Lipinski definition) is 3. The van der Waals surface area contributed by atoms with Crippen LogP contribution in [0.25, 0.3) is 11.5 Å². The fourth-order valence-electron chi connectivity index (χ4n) is 3.17. The number of rotatable bonds is 7. The van der Waals surface area contributed by atoms with Crippen molar-refractivity contribution < 1.29 is 14.0 Å². The Morgan fingerprint density at radius 1 is 0.839 bits per heavy atom. The predicted octanol–water partition coefficient (Wildman–Crippen LogP) is 2.96. The van der Waals surface area contributed by atoms with Crippen molar-refractivity contribution in [2.75, 3.05) is 13.1 Å². The van der Waals surface area contributed by atoms with Crippen molar-refractivity contribution in [3.05, 3.63) is 102 Å². The first-order valence-corrected chi connectivity index (χ1v) is 9.73. The number of carbonyl (C=O) groups is 2. The van der Waals surface area contributed by atoms with E-state index in [1.807, 2.05) is 6.07 Å². The maximum absolute atomic E-state index is 14.4. The first-order valence-electron chi connectivity index (χ1n) is 9.73. The van der Waals surface area contributed by atoms with Crippen LogP contribution in [0.4, 0.5) is 4.39 Å². The van der Waals surface area contributed by atoms with Crippen LogP contribution in [0.5, 0.6) is 0 Å². The number of nitrogens with zero attached hydrogens (tertiary/aromatic N) is 3. The number of halogens is 1. The van der Waals surface area contributed by atoms with Crippen LogP contribution in [-0.4, -0.2) is 39.3 Å². The fourth-order valence-corrected chi connectivity index (χ4v) is 3.17. The van der Waals surface area contributed by atoms with Gasteiger partial charge in [0.15, 0.2) is 5.82 Å². The summed E-state index contributed by atoms with van der Waals surface area (Å²) < 4.78 is 17.5. The maximum atomic E-state index is 14.4. The largest absolute Gasteiger partial charge is 0.350 e. The molecule has 2 heterocycles. The molecule has 4 rings (SSSR count). The first-order chi connectivity index (χ1) is 15.1. The second-order valence-electron chi connectivity index (χ2n) is 6.71. The van der Waals surface area contributed by atoms with Crippen LogP contribution >= 0.6 is 0 Å². The molecule has 4 aromatic rings. The Hall–Kier alpha value is -4.20. The zero-order chi connectivity index (χ0) is 21.6. The third kappa shape index (κ3) is 4.37. The molecule has 8 heteroatoms. The van der Waals surface area contributed by atoms with Crippen LogP contribution in [0, 0.1) is 5.82 Å². The summed E-state index contributed by atoms with van der Waals surface area (Å²) in [6.45, 7) is 0.493. The molecule has 7 nitrogen and oxygen atoms in total. The molecule has 0 saturated carbocycles. The highest BCUT2D eigenvalue weighted by Crippen LogP contribution is 2.21. The number of hydrogen-bond donors (Lipinski definition) is 2. The molecule has 0 saturated heterocycles. The molecule has 0 spiro atoms. The van der Waals surface area contributed by atoms with E-state index in [0.29, 0.717) is 11.4 Å². The van der Waals surface area contributed by atoms with Crippen LogP contribution in [0.1, 0.15) is 20.7 Å². The summed E-state index contributed by atoms with van der Waals surface area (Å²) in [5.41, 5.74) is 1.07. The molecule has 0 aliphatic heterocycles. The molecule has 0 aliphatic rings. The van der Waals surface area contributed by atoms with Gasteiger partial charge in [0.25, 0.3) is 11.8 Å². The van der Waals surface area contributed by atoms with Gasteiger partial charge in [-0.2, -0.15) is 5.10 Å². The van der Waals surface area contributed by atoms with Crippen LogP contribution in [0.3, 0.4) is 0 Å². The minimum atomic E-state index is -0.449. The minimum absolute atomic E-state index is 0.213. The lowest BCUT2D eigenvalue weighted by atomic mass is 10.2. The number of aromatic nitrogens is 3. The van der Waals surface area contributed by atoms with Crippen molar-refractivity contribution in [3.8, 4) is 11.5 Å². The molecular formula is C23H20FN5O2. The highest BCUT2D eigenvalue weighted by molar-refractivity contribution is 5.97. The van der Waals surface area contributed by atoms with Crippen LogP contribution in [0.2, 0.25) is 0 Å². The van der Waals surface area contributed by atoms with Crippen molar-refractivity contribution in [1.82, 2.24) is 25.0 Å². The molecule has 2 N–H and O–H groups in total. The zero-order valence-corrected chi connectivity index (χ0v) is 16.5. The summed E-state index contributed by atoms with van der Waals surface area (Å²) >= 11 is 0. The Morgan fingerprint density at radius 3 is 2.19 bits per heavy atom. The summed E-state index contributed by atoms with van der Waals surface area (Å²) in [6, 6.07) is 18.7. The SMILES string of the molecule is O=C(NCCNC(=O)c1cnn(-c2ccccc2F)c1-n1cccc1)c1ccccc1. The first kappa shape index (κ1) is 20.1. The van der Waals surface area contributed by atoms with E-state index in [4.69, 9.17) is 0 Å². The summed E-state index contributed by atoms with van der Waals surface area (Å²) in [5.74, 6) is -0.619. The summed E-state index contributed by atoms with van der Waals surface area (Å²) in [7, 11) is 0. The molecule has 2 aromatic heterocycles. The summed E-state index contributed by atoms with van der Waals surface area (Å²) in [5, 5.41) is 9.78. The van der Waals surface area contributed by atoms with Crippen molar-refractivity contribution >= 4 is 11.8 Å². The average molecular weight is 417 g/mol. The maximum Gasteiger partial charge on any atom is 0.256 e. The van der Waals surface area contributed by atoms with Gasteiger partial charge < -0.3 is 15.2 Å². The van der Waals surface area contributed by atoms with Crippen molar-refractivity contribution in [2.45, 2.75) is 0 Å². The van der Waals surface area contributed by atoms with E-state index >= 15 is 0 Å². The van der Waals surface area contributed by atoms with Gasteiger partial charge in [-0.15, -0.1) is 0 Å². The van der Waals surface area contributed by atoms with E-state index in [1.165, 1.54) is 16.9 Å². The molecule has 0 fully saturated rings. The Bertz CT molecular complexity index is 1190. The molecule has 31 heavy (non-hydrogen) atoms. The van der Waals surface area contributed by atoms with Gasteiger partial charge in [-0.05, 0) is 36.4 Å². The van der Waals surface area contributed by atoms with E-state index in [2.05, 4.69) is 15.7 Å². The molecular weight excluding hydrogens is 397 g/mol. The monoisotopic (exact) mass is 417 g/mol. The van der Waals surface area contributed by atoms with E-state index in [-0.39, 0.29) is 36.2 Å². The van der Waals surface area contributed by atoms with Gasteiger partial charge in [-0.1, -0.05) is 30.3 Å².